The third kappa shape index (κ3) is 3.17. The van der Waals surface area contributed by atoms with Gasteiger partial charge in [-0.1, -0.05) is 47.7 Å². The number of ether oxygens (including phenoxy) is 1. The van der Waals surface area contributed by atoms with Crippen LogP contribution < -0.4 is 5.32 Å². The van der Waals surface area contributed by atoms with Crippen LogP contribution in [0.15, 0.2) is 54.7 Å². The SMILES string of the molecule is CO[C@](C)(C(=O)Nc1nnc(-c2ccccn2)s1)c1ccccc1. The lowest BCUT2D eigenvalue weighted by molar-refractivity contribution is -0.136. The zero-order valence-electron chi connectivity index (χ0n) is 13.3. The van der Waals surface area contributed by atoms with Crippen LogP contribution in [0.25, 0.3) is 10.7 Å². The quantitative estimate of drug-likeness (QED) is 0.772. The summed E-state index contributed by atoms with van der Waals surface area (Å²) >= 11 is 1.26. The van der Waals surface area contributed by atoms with E-state index >= 15 is 0 Å². The van der Waals surface area contributed by atoms with Gasteiger partial charge in [-0.05, 0) is 24.6 Å². The Labute approximate surface area is 143 Å². The molecule has 24 heavy (non-hydrogen) atoms. The fraction of sp³-hybridized carbons (Fsp3) is 0.176. The molecule has 0 saturated heterocycles. The van der Waals surface area contributed by atoms with Gasteiger partial charge in [0.15, 0.2) is 10.6 Å². The summed E-state index contributed by atoms with van der Waals surface area (Å²) in [6.07, 6.45) is 1.69. The topological polar surface area (TPSA) is 77.0 Å². The molecular weight excluding hydrogens is 324 g/mol. The van der Waals surface area contributed by atoms with E-state index in [1.54, 1.807) is 13.1 Å². The summed E-state index contributed by atoms with van der Waals surface area (Å²) in [6, 6.07) is 14.9. The smallest absolute Gasteiger partial charge is 0.262 e. The van der Waals surface area contributed by atoms with Gasteiger partial charge in [-0.3, -0.25) is 15.1 Å². The lowest BCUT2D eigenvalue weighted by Crippen LogP contribution is -2.39. The van der Waals surface area contributed by atoms with Gasteiger partial charge in [-0.2, -0.15) is 0 Å². The van der Waals surface area contributed by atoms with Crippen LogP contribution in [-0.4, -0.2) is 28.2 Å². The van der Waals surface area contributed by atoms with E-state index in [-0.39, 0.29) is 5.91 Å². The van der Waals surface area contributed by atoms with E-state index in [2.05, 4.69) is 20.5 Å². The van der Waals surface area contributed by atoms with Crippen molar-refractivity contribution in [2.75, 3.05) is 12.4 Å². The summed E-state index contributed by atoms with van der Waals surface area (Å²) in [5.74, 6) is -0.306. The first-order valence-electron chi connectivity index (χ1n) is 7.30. The number of hydrogen-bond acceptors (Lipinski definition) is 6. The Morgan fingerprint density at radius 1 is 1.12 bits per heavy atom. The minimum atomic E-state index is -1.11. The van der Waals surface area contributed by atoms with Gasteiger partial charge in [-0.25, -0.2) is 0 Å². The van der Waals surface area contributed by atoms with E-state index < -0.39 is 5.60 Å². The summed E-state index contributed by atoms with van der Waals surface area (Å²) in [4.78, 5) is 16.9. The molecule has 2 heterocycles. The molecule has 0 saturated carbocycles. The van der Waals surface area contributed by atoms with E-state index in [9.17, 15) is 4.79 Å². The molecule has 0 bridgehead atoms. The Morgan fingerprint density at radius 2 is 1.88 bits per heavy atom. The fourth-order valence-electron chi connectivity index (χ4n) is 2.18. The lowest BCUT2D eigenvalue weighted by Gasteiger charge is -2.26. The van der Waals surface area contributed by atoms with Crippen LogP contribution in [0.2, 0.25) is 0 Å². The van der Waals surface area contributed by atoms with Gasteiger partial charge >= 0.3 is 0 Å². The van der Waals surface area contributed by atoms with E-state index in [4.69, 9.17) is 4.74 Å². The van der Waals surface area contributed by atoms with Crippen molar-refractivity contribution in [2.24, 2.45) is 0 Å². The monoisotopic (exact) mass is 340 g/mol. The Kier molecular flexibility index (Phi) is 4.64. The van der Waals surface area contributed by atoms with Crippen LogP contribution in [0.4, 0.5) is 5.13 Å². The molecule has 3 rings (SSSR count). The van der Waals surface area contributed by atoms with Crippen molar-refractivity contribution in [3.8, 4) is 10.7 Å². The van der Waals surface area contributed by atoms with Gasteiger partial charge in [0.2, 0.25) is 5.13 Å². The number of amides is 1. The number of aromatic nitrogens is 3. The lowest BCUT2D eigenvalue weighted by atomic mass is 9.95. The van der Waals surface area contributed by atoms with Gasteiger partial charge in [0.05, 0.1) is 0 Å². The second-order valence-corrected chi connectivity index (χ2v) is 6.16. The molecule has 0 radical (unpaired) electrons. The number of methoxy groups -OCH3 is 1. The Hall–Kier alpha value is -2.64. The van der Waals surface area contributed by atoms with E-state index in [1.165, 1.54) is 18.4 Å². The zero-order chi connectivity index (χ0) is 17.0. The Bertz CT molecular complexity index is 823. The van der Waals surface area contributed by atoms with Crippen LogP contribution in [0, 0.1) is 0 Å². The zero-order valence-corrected chi connectivity index (χ0v) is 14.1. The predicted molar refractivity (Wildman–Crippen MR) is 92.6 cm³/mol. The van der Waals surface area contributed by atoms with Crippen molar-refractivity contribution in [1.82, 2.24) is 15.2 Å². The van der Waals surface area contributed by atoms with Gasteiger partial charge < -0.3 is 4.74 Å². The highest BCUT2D eigenvalue weighted by molar-refractivity contribution is 7.18. The normalized spacial score (nSPS) is 13.2. The third-order valence-corrected chi connectivity index (χ3v) is 4.56. The number of benzene rings is 1. The highest BCUT2D eigenvalue weighted by atomic mass is 32.1. The molecule has 6 nitrogen and oxygen atoms in total. The summed E-state index contributed by atoms with van der Waals surface area (Å²) < 4.78 is 5.48. The van der Waals surface area contributed by atoms with Crippen LogP contribution in [0.5, 0.6) is 0 Å². The first kappa shape index (κ1) is 16.2. The van der Waals surface area contributed by atoms with Gasteiger partial charge in [0, 0.05) is 13.3 Å². The minimum Gasteiger partial charge on any atom is -0.364 e. The molecule has 1 N–H and O–H groups in total. The van der Waals surface area contributed by atoms with Crippen LogP contribution in [0.1, 0.15) is 12.5 Å². The van der Waals surface area contributed by atoms with Gasteiger partial charge in [0.25, 0.3) is 5.91 Å². The van der Waals surface area contributed by atoms with E-state index in [0.717, 1.165) is 5.56 Å². The number of nitrogens with one attached hydrogen (secondary N) is 1. The fourth-order valence-corrected chi connectivity index (χ4v) is 2.90. The van der Waals surface area contributed by atoms with E-state index in [1.807, 2.05) is 48.5 Å². The maximum Gasteiger partial charge on any atom is 0.262 e. The van der Waals surface area contributed by atoms with Crippen molar-refractivity contribution in [3.63, 3.8) is 0 Å². The molecule has 0 unspecified atom stereocenters. The number of carbonyl (C=O) groups is 1. The van der Waals surface area contributed by atoms with Gasteiger partial charge in [-0.15, -0.1) is 10.2 Å². The summed E-state index contributed by atoms with van der Waals surface area (Å²) in [7, 11) is 1.51. The molecule has 1 aromatic carbocycles. The summed E-state index contributed by atoms with van der Waals surface area (Å²) in [5, 5.41) is 11.9. The van der Waals surface area contributed by atoms with Crippen molar-refractivity contribution in [3.05, 3.63) is 60.3 Å². The minimum absolute atomic E-state index is 0.306. The molecule has 2 aromatic heterocycles. The maximum atomic E-state index is 12.7. The molecule has 122 valence electrons. The predicted octanol–water partition coefficient (Wildman–Crippen LogP) is 3.10. The summed E-state index contributed by atoms with van der Waals surface area (Å²) in [5.41, 5.74) is 0.366. The number of rotatable bonds is 5. The number of carbonyl (C=O) groups excluding carboxylic acids is 1. The molecule has 0 aliphatic heterocycles. The largest absolute Gasteiger partial charge is 0.364 e. The molecule has 0 aliphatic carbocycles. The number of hydrogen-bond donors (Lipinski definition) is 1. The maximum absolute atomic E-state index is 12.7. The number of nitrogens with zero attached hydrogens (tertiary/aromatic N) is 3. The average molecular weight is 340 g/mol. The van der Waals surface area contributed by atoms with Crippen molar-refractivity contribution in [2.45, 2.75) is 12.5 Å². The van der Waals surface area contributed by atoms with Crippen molar-refractivity contribution in [1.29, 1.82) is 0 Å². The van der Waals surface area contributed by atoms with Crippen LogP contribution in [-0.2, 0) is 15.1 Å². The second-order valence-electron chi connectivity index (χ2n) is 5.18. The average Bonchev–Trinajstić information content (AvgIpc) is 3.11. The number of pyridine rings is 1. The van der Waals surface area contributed by atoms with E-state index in [0.29, 0.717) is 15.8 Å². The standard InChI is InChI=1S/C17H16N4O2S/c1-17(23-2,12-8-4-3-5-9-12)15(22)19-16-21-20-14(24-16)13-10-6-7-11-18-13/h3-11H,1-2H3,(H,19,21,22)/t17-/m0/s1. The second kappa shape index (κ2) is 6.86. The van der Waals surface area contributed by atoms with Crippen LogP contribution >= 0.6 is 11.3 Å². The van der Waals surface area contributed by atoms with Crippen LogP contribution in [0.3, 0.4) is 0 Å². The Morgan fingerprint density at radius 3 is 2.54 bits per heavy atom. The van der Waals surface area contributed by atoms with Gasteiger partial charge in [0.1, 0.15) is 5.69 Å². The Balaban J connectivity index is 1.81. The first-order valence-corrected chi connectivity index (χ1v) is 8.12. The third-order valence-electron chi connectivity index (χ3n) is 3.70. The molecule has 1 amide bonds. The number of anilines is 1. The highest BCUT2D eigenvalue weighted by Gasteiger charge is 2.35. The molecule has 7 heteroatoms. The molecule has 0 fully saturated rings. The van der Waals surface area contributed by atoms with Crippen molar-refractivity contribution < 1.29 is 9.53 Å². The molecule has 3 aromatic rings. The molecule has 1 atom stereocenters. The van der Waals surface area contributed by atoms with Crippen molar-refractivity contribution >= 4 is 22.4 Å². The highest BCUT2D eigenvalue weighted by Crippen LogP contribution is 2.29. The molecule has 0 aliphatic rings. The molecule has 0 spiro atoms. The first-order chi connectivity index (χ1) is 11.6. The summed E-state index contributed by atoms with van der Waals surface area (Å²) in [6.45, 7) is 1.72. The molecular formula is C17H16N4O2S.